The summed E-state index contributed by atoms with van der Waals surface area (Å²) in [5.41, 5.74) is 1.42. The van der Waals surface area contributed by atoms with Gasteiger partial charge in [0.2, 0.25) is 0 Å². The highest BCUT2D eigenvalue weighted by Gasteiger charge is 2.20. The van der Waals surface area contributed by atoms with E-state index in [9.17, 15) is 4.79 Å². The number of methoxy groups -OCH3 is 1. The number of rotatable bonds is 6. The molecule has 5 nitrogen and oxygen atoms in total. The van der Waals surface area contributed by atoms with Crippen molar-refractivity contribution in [3.8, 4) is 0 Å². The number of carbonyl (C=O) groups excluding carboxylic acids is 1. The number of hydrogen-bond acceptors (Lipinski definition) is 6. The lowest BCUT2D eigenvalue weighted by Crippen LogP contribution is -2.35. The number of ether oxygens (including phenoxy) is 1. The normalized spacial score (nSPS) is 15.2. The summed E-state index contributed by atoms with van der Waals surface area (Å²) in [7, 11) is 1.39. The Kier molecular flexibility index (Phi) is 6.28. The van der Waals surface area contributed by atoms with E-state index in [-0.39, 0.29) is 11.7 Å². The lowest BCUT2D eigenvalue weighted by molar-refractivity contribution is -0.137. The minimum Gasteiger partial charge on any atom is -0.468 e. The van der Waals surface area contributed by atoms with Gasteiger partial charge in [-0.2, -0.15) is 0 Å². The molecule has 2 aromatic rings. The van der Waals surface area contributed by atoms with Crippen LogP contribution in [0.2, 0.25) is 0 Å². The third-order valence-corrected chi connectivity index (χ3v) is 5.31. The summed E-state index contributed by atoms with van der Waals surface area (Å²) in [5, 5.41) is 0.620. The zero-order chi connectivity index (χ0) is 17.5. The zero-order valence-corrected chi connectivity index (χ0v) is 15.2. The van der Waals surface area contributed by atoms with Crippen LogP contribution in [0.1, 0.15) is 18.4 Å². The van der Waals surface area contributed by atoms with Gasteiger partial charge < -0.3 is 9.64 Å². The van der Waals surface area contributed by atoms with Crippen LogP contribution in [0, 0.1) is 5.92 Å². The smallest absolute Gasteiger partial charge is 0.316 e. The molecule has 25 heavy (non-hydrogen) atoms. The molecule has 0 saturated carbocycles. The SMILES string of the molecule is COC(=O)CSc1nccc(N2CCC(Cc3ccccc3)CC2)n1. The van der Waals surface area contributed by atoms with Gasteiger partial charge in [0.25, 0.3) is 0 Å². The lowest BCUT2D eigenvalue weighted by atomic mass is 9.90. The fraction of sp³-hybridized carbons (Fsp3) is 0.421. The fourth-order valence-electron chi connectivity index (χ4n) is 3.07. The van der Waals surface area contributed by atoms with Crippen LogP contribution < -0.4 is 4.90 Å². The minimum absolute atomic E-state index is 0.235. The average Bonchev–Trinajstić information content (AvgIpc) is 2.68. The molecule has 2 heterocycles. The maximum atomic E-state index is 11.2. The Morgan fingerprint density at radius 2 is 2.00 bits per heavy atom. The minimum atomic E-state index is -0.263. The van der Waals surface area contributed by atoms with Gasteiger partial charge in [-0.25, -0.2) is 9.97 Å². The highest BCUT2D eigenvalue weighted by atomic mass is 32.2. The second-order valence-electron chi connectivity index (χ2n) is 6.18. The molecule has 0 radical (unpaired) electrons. The van der Waals surface area contributed by atoms with Gasteiger partial charge in [0.05, 0.1) is 12.9 Å². The van der Waals surface area contributed by atoms with Crippen molar-refractivity contribution < 1.29 is 9.53 Å². The van der Waals surface area contributed by atoms with Crippen LogP contribution in [0.5, 0.6) is 0 Å². The van der Waals surface area contributed by atoms with E-state index in [1.807, 2.05) is 6.07 Å². The van der Waals surface area contributed by atoms with Crippen LogP contribution in [-0.4, -0.2) is 41.9 Å². The molecule has 1 saturated heterocycles. The largest absolute Gasteiger partial charge is 0.468 e. The highest BCUT2D eigenvalue weighted by Crippen LogP contribution is 2.25. The van der Waals surface area contributed by atoms with Crippen molar-refractivity contribution in [2.24, 2.45) is 5.92 Å². The lowest BCUT2D eigenvalue weighted by Gasteiger charge is -2.33. The van der Waals surface area contributed by atoms with Gasteiger partial charge >= 0.3 is 5.97 Å². The molecule has 0 spiro atoms. The molecule has 1 aromatic carbocycles. The van der Waals surface area contributed by atoms with E-state index in [0.717, 1.165) is 31.2 Å². The summed E-state index contributed by atoms with van der Waals surface area (Å²) < 4.78 is 4.65. The number of esters is 1. The molecule has 132 valence electrons. The molecular weight excluding hydrogens is 334 g/mol. The van der Waals surface area contributed by atoms with Crippen molar-refractivity contribution in [3.05, 3.63) is 48.2 Å². The zero-order valence-electron chi connectivity index (χ0n) is 14.4. The summed E-state index contributed by atoms with van der Waals surface area (Å²) in [6.45, 7) is 2.02. The first-order chi connectivity index (χ1) is 12.2. The number of thioether (sulfide) groups is 1. The second kappa shape index (κ2) is 8.85. The third-order valence-electron chi connectivity index (χ3n) is 4.47. The van der Waals surface area contributed by atoms with Gasteiger partial charge in [0.15, 0.2) is 5.16 Å². The standard InChI is InChI=1S/C19H23N3O2S/c1-24-18(23)14-25-19-20-10-7-17(21-19)22-11-8-16(9-12-22)13-15-5-3-2-4-6-15/h2-7,10,16H,8-9,11-14H2,1H3. The molecule has 1 fully saturated rings. The van der Waals surface area contributed by atoms with Crippen LogP contribution in [0.25, 0.3) is 0 Å². The number of hydrogen-bond donors (Lipinski definition) is 0. The molecule has 6 heteroatoms. The number of carbonyl (C=O) groups is 1. The molecule has 3 rings (SSSR count). The maximum absolute atomic E-state index is 11.2. The van der Waals surface area contributed by atoms with Crippen LogP contribution in [-0.2, 0) is 16.0 Å². The van der Waals surface area contributed by atoms with E-state index in [0.29, 0.717) is 5.16 Å². The van der Waals surface area contributed by atoms with Gasteiger partial charge in [-0.15, -0.1) is 0 Å². The Morgan fingerprint density at radius 3 is 2.72 bits per heavy atom. The van der Waals surface area contributed by atoms with E-state index < -0.39 is 0 Å². The molecule has 0 atom stereocenters. The third kappa shape index (κ3) is 5.19. The molecule has 0 bridgehead atoms. The molecule has 1 aromatic heterocycles. The Hall–Kier alpha value is -2.08. The monoisotopic (exact) mass is 357 g/mol. The number of nitrogens with zero attached hydrogens (tertiary/aromatic N) is 3. The first-order valence-corrected chi connectivity index (χ1v) is 9.54. The predicted molar refractivity (Wildman–Crippen MR) is 99.9 cm³/mol. The quantitative estimate of drug-likeness (QED) is 0.450. The molecule has 1 aliphatic heterocycles. The maximum Gasteiger partial charge on any atom is 0.316 e. The summed E-state index contributed by atoms with van der Waals surface area (Å²) in [4.78, 5) is 22.4. The van der Waals surface area contributed by atoms with Gasteiger partial charge in [-0.1, -0.05) is 42.1 Å². The highest BCUT2D eigenvalue weighted by molar-refractivity contribution is 7.99. The molecule has 0 aliphatic carbocycles. The molecule has 1 aliphatic rings. The number of benzene rings is 1. The van der Waals surface area contributed by atoms with Crippen LogP contribution >= 0.6 is 11.8 Å². The van der Waals surface area contributed by atoms with Crippen molar-refractivity contribution in [2.75, 3.05) is 30.9 Å². The summed E-state index contributed by atoms with van der Waals surface area (Å²) >= 11 is 1.31. The molecule has 0 unspecified atom stereocenters. The van der Waals surface area contributed by atoms with E-state index in [1.54, 1.807) is 6.20 Å². The summed E-state index contributed by atoms with van der Waals surface area (Å²) in [6.07, 6.45) is 5.25. The van der Waals surface area contributed by atoms with Crippen molar-refractivity contribution in [1.29, 1.82) is 0 Å². The van der Waals surface area contributed by atoms with E-state index >= 15 is 0 Å². The first kappa shape index (κ1) is 17.7. The first-order valence-electron chi connectivity index (χ1n) is 8.56. The Bertz CT molecular complexity index is 688. The van der Waals surface area contributed by atoms with E-state index in [4.69, 9.17) is 0 Å². The van der Waals surface area contributed by atoms with Crippen LogP contribution in [0.3, 0.4) is 0 Å². The number of aromatic nitrogens is 2. The van der Waals surface area contributed by atoms with Gasteiger partial charge in [-0.05, 0) is 36.8 Å². The van der Waals surface area contributed by atoms with Crippen molar-refractivity contribution in [3.63, 3.8) is 0 Å². The Balaban J connectivity index is 1.53. The van der Waals surface area contributed by atoms with E-state index in [1.165, 1.54) is 37.3 Å². The second-order valence-corrected chi connectivity index (χ2v) is 7.12. The van der Waals surface area contributed by atoms with Crippen molar-refractivity contribution >= 4 is 23.5 Å². The van der Waals surface area contributed by atoms with Gasteiger partial charge in [0, 0.05) is 19.3 Å². The molecular formula is C19H23N3O2S. The number of piperidine rings is 1. The Morgan fingerprint density at radius 1 is 1.24 bits per heavy atom. The summed E-state index contributed by atoms with van der Waals surface area (Å²) in [6, 6.07) is 12.7. The van der Waals surface area contributed by atoms with Crippen LogP contribution in [0.15, 0.2) is 47.8 Å². The Labute approximate surface area is 152 Å². The molecule has 0 N–H and O–H groups in total. The van der Waals surface area contributed by atoms with E-state index in [2.05, 4.69) is 49.9 Å². The van der Waals surface area contributed by atoms with Crippen LogP contribution in [0.4, 0.5) is 5.82 Å². The topological polar surface area (TPSA) is 55.3 Å². The van der Waals surface area contributed by atoms with Gasteiger partial charge in [-0.3, -0.25) is 4.79 Å². The predicted octanol–water partition coefficient (Wildman–Crippen LogP) is 3.20. The fourth-order valence-corrected chi connectivity index (χ4v) is 3.73. The average molecular weight is 357 g/mol. The van der Waals surface area contributed by atoms with Gasteiger partial charge in [0.1, 0.15) is 5.82 Å². The van der Waals surface area contributed by atoms with Crippen molar-refractivity contribution in [2.45, 2.75) is 24.4 Å². The summed E-state index contributed by atoms with van der Waals surface area (Å²) in [5.74, 6) is 1.65. The van der Waals surface area contributed by atoms with Crippen molar-refractivity contribution in [1.82, 2.24) is 9.97 Å². The molecule has 0 amide bonds. The number of anilines is 1.